The van der Waals surface area contributed by atoms with Gasteiger partial charge in [-0.2, -0.15) is 0 Å². The second-order valence-corrected chi connectivity index (χ2v) is 7.27. The zero-order valence-corrected chi connectivity index (χ0v) is 13.1. The highest BCUT2D eigenvalue weighted by molar-refractivity contribution is 7.99. The minimum absolute atomic E-state index is 0.0440. The summed E-state index contributed by atoms with van der Waals surface area (Å²) in [6.07, 6.45) is 4.71. The minimum Gasteiger partial charge on any atom is -0.335 e. The highest BCUT2D eigenvalue weighted by Gasteiger charge is 2.16. The molecule has 2 rings (SSSR count). The maximum Gasteiger partial charge on any atom is 0.315 e. The molecule has 20 heavy (non-hydrogen) atoms. The molecule has 3 nitrogen and oxygen atoms in total. The van der Waals surface area contributed by atoms with Gasteiger partial charge in [-0.05, 0) is 30.5 Å². The molecule has 1 aromatic rings. The summed E-state index contributed by atoms with van der Waals surface area (Å²) < 4.78 is 0. The van der Waals surface area contributed by atoms with Gasteiger partial charge >= 0.3 is 6.03 Å². The topological polar surface area (TPSA) is 41.1 Å². The van der Waals surface area contributed by atoms with Crippen molar-refractivity contribution >= 4 is 17.8 Å². The molecule has 0 heterocycles. The van der Waals surface area contributed by atoms with Crippen LogP contribution in [-0.2, 0) is 6.54 Å². The van der Waals surface area contributed by atoms with Gasteiger partial charge in [0, 0.05) is 22.7 Å². The van der Waals surface area contributed by atoms with Gasteiger partial charge in [0.15, 0.2) is 0 Å². The first-order valence-electron chi connectivity index (χ1n) is 7.43. The number of urea groups is 1. The number of benzene rings is 1. The molecule has 0 saturated heterocycles. The fourth-order valence-corrected chi connectivity index (χ4v) is 3.28. The largest absolute Gasteiger partial charge is 0.335 e. The van der Waals surface area contributed by atoms with Gasteiger partial charge in [0.25, 0.3) is 0 Å². The van der Waals surface area contributed by atoms with Gasteiger partial charge in [-0.25, -0.2) is 4.79 Å². The quantitative estimate of drug-likeness (QED) is 0.807. The Morgan fingerprint density at radius 1 is 1.25 bits per heavy atom. The standard InChI is InChI=1S/C16H24N2OS/c1-12(2)20-15-9-7-13(8-10-15)11-17-16(19)18-14-5-3-4-6-14/h7-10,12,14H,3-6,11H2,1-2H3,(H2,17,18,19). The molecule has 0 radical (unpaired) electrons. The van der Waals surface area contributed by atoms with E-state index in [4.69, 9.17) is 0 Å². The van der Waals surface area contributed by atoms with Crippen LogP contribution in [0.1, 0.15) is 45.1 Å². The summed E-state index contributed by atoms with van der Waals surface area (Å²) >= 11 is 1.85. The van der Waals surface area contributed by atoms with Crippen LogP contribution in [0.25, 0.3) is 0 Å². The van der Waals surface area contributed by atoms with Crippen LogP contribution in [0, 0.1) is 0 Å². The fraction of sp³-hybridized carbons (Fsp3) is 0.562. The normalized spacial score (nSPS) is 15.6. The molecule has 0 unspecified atom stereocenters. The van der Waals surface area contributed by atoms with E-state index in [-0.39, 0.29) is 6.03 Å². The third-order valence-corrected chi connectivity index (χ3v) is 4.45. The molecule has 1 aromatic carbocycles. The van der Waals surface area contributed by atoms with Crippen LogP contribution in [0.2, 0.25) is 0 Å². The summed E-state index contributed by atoms with van der Waals surface area (Å²) in [6.45, 7) is 4.96. The molecule has 0 bridgehead atoms. The summed E-state index contributed by atoms with van der Waals surface area (Å²) in [4.78, 5) is 13.0. The van der Waals surface area contributed by atoms with Gasteiger partial charge < -0.3 is 10.6 Å². The lowest BCUT2D eigenvalue weighted by atomic mass is 10.2. The summed E-state index contributed by atoms with van der Waals surface area (Å²) in [5.74, 6) is 0. The number of carbonyl (C=O) groups is 1. The van der Waals surface area contributed by atoms with Crippen LogP contribution >= 0.6 is 11.8 Å². The van der Waals surface area contributed by atoms with Gasteiger partial charge in [0.1, 0.15) is 0 Å². The summed E-state index contributed by atoms with van der Waals surface area (Å²) in [6, 6.07) is 8.74. The van der Waals surface area contributed by atoms with E-state index in [0.717, 1.165) is 18.4 Å². The van der Waals surface area contributed by atoms with Crippen LogP contribution < -0.4 is 10.6 Å². The molecule has 2 amide bonds. The molecule has 2 N–H and O–H groups in total. The maximum atomic E-state index is 11.8. The number of nitrogens with one attached hydrogen (secondary N) is 2. The Morgan fingerprint density at radius 2 is 1.90 bits per heavy atom. The molecule has 110 valence electrons. The Kier molecular flexibility index (Phi) is 5.77. The zero-order chi connectivity index (χ0) is 14.4. The fourth-order valence-electron chi connectivity index (χ4n) is 2.45. The number of thioether (sulfide) groups is 1. The Bertz CT molecular complexity index is 425. The maximum absolute atomic E-state index is 11.8. The van der Waals surface area contributed by atoms with Crippen molar-refractivity contribution in [2.24, 2.45) is 0 Å². The molecule has 0 aliphatic heterocycles. The van der Waals surface area contributed by atoms with Crippen molar-refractivity contribution in [3.05, 3.63) is 29.8 Å². The monoisotopic (exact) mass is 292 g/mol. The Morgan fingerprint density at radius 3 is 2.50 bits per heavy atom. The third kappa shape index (κ3) is 5.08. The predicted octanol–water partition coefficient (Wildman–Crippen LogP) is 3.93. The van der Waals surface area contributed by atoms with Crippen LogP contribution in [0.5, 0.6) is 0 Å². The Labute approximate surface area is 125 Å². The van der Waals surface area contributed by atoms with E-state index in [0.29, 0.717) is 17.8 Å². The third-order valence-electron chi connectivity index (χ3n) is 3.44. The van der Waals surface area contributed by atoms with Gasteiger partial charge in [0.05, 0.1) is 0 Å². The van der Waals surface area contributed by atoms with Crippen molar-refractivity contribution in [2.75, 3.05) is 0 Å². The SMILES string of the molecule is CC(C)Sc1ccc(CNC(=O)NC2CCCC2)cc1. The number of hydrogen-bond acceptors (Lipinski definition) is 2. The second-order valence-electron chi connectivity index (χ2n) is 5.62. The van der Waals surface area contributed by atoms with E-state index in [9.17, 15) is 4.79 Å². The van der Waals surface area contributed by atoms with Crippen molar-refractivity contribution in [3.63, 3.8) is 0 Å². The molecule has 4 heteroatoms. The molecule has 1 aliphatic carbocycles. The van der Waals surface area contributed by atoms with Crippen molar-refractivity contribution in [1.82, 2.24) is 10.6 Å². The first-order valence-corrected chi connectivity index (χ1v) is 8.31. The average Bonchev–Trinajstić information content (AvgIpc) is 2.90. The number of hydrogen-bond donors (Lipinski definition) is 2. The average molecular weight is 292 g/mol. The summed E-state index contributed by atoms with van der Waals surface area (Å²) in [5, 5.41) is 6.56. The van der Waals surface area contributed by atoms with Crippen molar-refractivity contribution < 1.29 is 4.79 Å². The number of carbonyl (C=O) groups excluding carboxylic acids is 1. The van der Waals surface area contributed by atoms with Crippen LogP contribution in [0.4, 0.5) is 4.79 Å². The molecule has 1 saturated carbocycles. The molecule has 0 aromatic heterocycles. The summed E-state index contributed by atoms with van der Waals surface area (Å²) in [5.41, 5.74) is 1.14. The predicted molar refractivity (Wildman–Crippen MR) is 85.1 cm³/mol. The summed E-state index contributed by atoms with van der Waals surface area (Å²) in [7, 11) is 0. The molecule has 0 spiro atoms. The minimum atomic E-state index is -0.0440. The number of amides is 2. The van der Waals surface area contributed by atoms with Gasteiger partial charge in [-0.3, -0.25) is 0 Å². The molecular formula is C16H24N2OS. The van der Waals surface area contributed by atoms with E-state index in [1.165, 1.54) is 17.7 Å². The smallest absolute Gasteiger partial charge is 0.315 e. The van der Waals surface area contributed by atoms with E-state index >= 15 is 0 Å². The second kappa shape index (κ2) is 7.58. The van der Waals surface area contributed by atoms with Gasteiger partial charge in [-0.1, -0.05) is 38.8 Å². The zero-order valence-electron chi connectivity index (χ0n) is 12.3. The number of rotatable bonds is 5. The van der Waals surface area contributed by atoms with Crippen LogP contribution in [-0.4, -0.2) is 17.3 Å². The highest BCUT2D eigenvalue weighted by atomic mass is 32.2. The van der Waals surface area contributed by atoms with E-state index in [1.54, 1.807) is 0 Å². The first kappa shape index (κ1) is 15.2. The lowest BCUT2D eigenvalue weighted by molar-refractivity contribution is 0.236. The van der Waals surface area contributed by atoms with E-state index < -0.39 is 0 Å². The lowest BCUT2D eigenvalue weighted by Crippen LogP contribution is -2.40. The van der Waals surface area contributed by atoms with E-state index in [2.05, 4.69) is 48.7 Å². The molecule has 1 aliphatic rings. The Balaban J connectivity index is 1.74. The van der Waals surface area contributed by atoms with Crippen LogP contribution in [0.3, 0.4) is 0 Å². The van der Waals surface area contributed by atoms with Crippen molar-refractivity contribution in [2.45, 2.75) is 62.3 Å². The van der Waals surface area contributed by atoms with Gasteiger partial charge in [0.2, 0.25) is 0 Å². The highest BCUT2D eigenvalue weighted by Crippen LogP contribution is 2.22. The molecule has 1 fully saturated rings. The van der Waals surface area contributed by atoms with E-state index in [1.807, 2.05) is 11.8 Å². The first-order chi connectivity index (χ1) is 9.63. The Hall–Kier alpha value is -1.16. The van der Waals surface area contributed by atoms with Crippen molar-refractivity contribution in [1.29, 1.82) is 0 Å². The van der Waals surface area contributed by atoms with Gasteiger partial charge in [-0.15, -0.1) is 11.8 Å². The van der Waals surface area contributed by atoms with Crippen LogP contribution in [0.15, 0.2) is 29.2 Å². The molecule has 0 atom stereocenters. The molecular weight excluding hydrogens is 268 g/mol. The lowest BCUT2D eigenvalue weighted by Gasteiger charge is -2.13. The van der Waals surface area contributed by atoms with Crippen molar-refractivity contribution in [3.8, 4) is 0 Å².